The molecule has 0 spiro atoms. The molecule has 1 aliphatic rings. The molecule has 0 unspecified atom stereocenters. The van der Waals surface area contributed by atoms with Crippen molar-refractivity contribution in [2.24, 2.45) is 0 Å². The van der Waals surface area contributed by atoms with Crippen molar-refractivity contribution in [3.8, 4) is 0 Å². The highest BCUT2D eigenvalue weighted by molar-refractivity contribution is 6.34. The van der Waals surface area contributed by atoms with Crippen molar-refractivity contribution in [3.63, 3.8) is 0 Å². The van der Waals surface area contributed by atoms with Gasteiger partial charge in [-0.05, 0) is 48.9 Å². The van der Waals surface area contributed by atoms with Crippen LogP contribution in [-0.4, -0.2) is 17.7 Å². The van der Waals surface area contributed by atoms with Crippen LogP contribution in [0, 0.1) is 6.92 Å². The Bertz CT molecular complexity index is 1000. The minimum atomic E-state index is -0.405. The Morgan fingerprint density at radius 3 is 2.23 bits per heavy atom. The molecular formula is C20H14N2O4. The van der Waals surface area contributed by atoms with E-state index in [-0.39, 0.29) is 17.6 Å². The van der Waals surface area contributed by atoms with Crippen LogP contribution in [0.15, 0.2) is 65.3 Å². The van der Waals surface area contributed by atoms with Gasteiger partial charge in [-0.2, -0.15) is 0 Å². The lowest BCUT2D eigenvalue weighted by Gasteiger charge is -2.19. The second-order valence-electron chi connectivity index (χ2n) is 5.87. The van der Waals surface area contributed by atoms with Gasteiger partial charge in [-0.3, -0.25) is 14.4 Å². The normalized spacial score (nSPS) is 13.0. The monoisotopic (exact) mass is 346 g/mol. The molecule has 2 aromatic carbocycles. The molecule has 0 saturated carbocycles. The molecule has 6 nitrogen and oxygen atoms in total. The second kappa shape index (κ2) is 6.00. The number of amides is 3. The SMILES string of the molecule is Cc1c(NC(=O)c2ccco2)cccc1N1C(=O)c2ccccc2C1=O. The van der Waals surface area contributed by atoms with Crippen LogP contribution in [0.25, 0.3) is 0 Å². The van der Waals surface area contributed by atoms with Gasteiger partial charge >= 0.3 is 0 Å². The van der Waals surface area contributed by atoms with Crippen LogP contribution >= 0.6 is 0 Å². The first kappa shape index (κ1) is 15.8. The highest BCUT2D eigenvalue weighted by atomic mass is 16.3. The van der Waals surface area contributed by atoms with Crippen LogP contribution in [0.1, 0.15) is 36.8 Å². The lowest BCUT2D eigenvalue weighted by molar-refractivity contribution is 0.0924. The fraction of sp³-hybridized carbons (Fsp3) is 0.0500. The average molecular weight is 346 g/mol. The summed E-state index contributed by atoms with van der Waals surface area (Å²) in [5.74, 6) is -0.973. The van der Waals surface area contributed by atoms with E-state index in [2.05, 4.69) is 5.32 Å². The number of rotatable bonds is 3. The summed E-state index contributed by atoms with van der Waals surface area (Å²) < 4.78 is 5.08. The van der Waals surface area contributed by atoms with Crippen LogP contribution in [0.2, 0.25) is 0 Å². The number of carbonyl (C=O) groups is 3. The third-order valence-corrected chi connectivity index (χ3v) is 4.33. The predicted octanol–water partition coefficient (Wildman–Crippen LogP) is 3.64. The molecule has 0 radical (unpaired) electrons. The van der Waals surface area contributed by atoms with Gasteiger partial charge in [-0.15, -0.1) is 0 Å². The van der Waals surface area contributed by atoms with E-state index in [1.807, 2.05) is 0 Å². The topological polar surface area (TPSA) is 79.6 Å². The zero-order chi connectivity index (χ0) is 18.3. The van der Waals surface area contributed by atoms with Gasteiger partial charge in [0, 0.05) is 5.69 Å². The summed E-state index contributed by atoms with van der Waals surface area (Å²) in [6.07, 6.45) is 1.41. The molecule has 1 aromatic heterocycles. The summed E-state index contributed by atoms with van der Waals surface area (Å²) in [4.78, 5) is 38.7. The maximum atomic E-state index is 12.7. The number of fused-ring (bicyclic) bond motifs is 1. The Kier molecular flexibility index (Phi) is 3.65. The Labute approximate surface area is 149 Å². The van der Waals surface area contributed by atoms with Gasteiger partial charge in [0.1, 0.15) is 0 Å². The smallest absolute Gasteiger partial charge is 0.291 e. The highest BCUT2D eigenvalue weighted by Gasteiger charge is 2.37. The molecule has 0 saturated heterocycles. The predicted molar refractivity (Wildman–Crippen MR) is 95.4 cm³/mol. The largest absolute Gasteiger partial charge is 0.459 e. The first-order valence-electron chi connectivity index (χ1n) is 8.00. The Balaban J connectivity index is 1.70. The van der Waals surface area contributed by atoms with Gasteiger partial charge in [0.05, 0.1) is 23.1 Å². The zero-order valence-electron chi connectivity index (χ0n) is 13.9. The summed E-state index contributed by atoms with van der Waals surface area (Å²) in [5.41, 5.74) is 2.31. The number of hydrogen-bond acceptors (Lipinski definition) is 4. The summed E-state index contributed by atoms with van der Waals surface area (Å²) in [6.45, 7) is 1.75. The number of carbonyl (C=O) groups excluding carboxylic acids is 3. The van der Waals surface area contributed by atoms with E-state index in [0.29, 0.717) is 28.1 Å². The van der Waals surface area contributed by atoms with Crippen LogP contribution in [0.3, 0.4) is 0 Å². The standard InChI is InChI=1S/C20H14N2O4/c1-12-15(21-18(23)17-10-5-11-26-17)8-4-9-16(12)22-19(24)13-6-2-3-7-14(13)20(22)25/h2-11H,1H3,(H,21,23). The maximum absolute atomic E-state index is 12.7. The lowest BCUT2D eigenvalue weighted by Crippen LogP contribution is -2.30. The quantitative estimate of drug-likeness (QED) is 0.734. The van der Waals surface area contributed by atoms with E-state index < -0.39 is 5.91 Å². The fourth-order valence-electron chi connectivity index (χ4n) is 3.00. The Morgan fingerprint density at radius 1 is 0.923 bits per heavy atom. The molecule has 26 heavy (non-hydrogen) atoms. The van der Waals surface area contributed by atoms with Crippen molar-refractivity contribution in [2.75, 3.05) is 10.2 Å². The number of imide groups is 1. The molecule has 2 heterocycles. The van der Waals surface area contributed by atoms with Crippen molar-refractivity contribution in [3.05, 3.63) is 83.3 Å². The van der Waals surface area contributed by atoms with Crippen molar-refractivity contribution in [1.82, 2.24) is 0 Å². The molecule has 6 heteroatoms. The van der Waals surface area contributed by atoms with E-state index in [1.54, 1.807) is 61.5 Å². The van der Waals surface area contributed by atoms with Crippen molar-refractivity contribution in [2.45, 2.75) is 6.92 Å². The zero-order valence-corrected chi connectivity index (χ0v) is 13.9. The van der Waals surface area contributed by atoms with Crippen molar-refractivity contribution < 1.29 is 18.8 Å². The summed E-state index contributed by atoms with van der Waals surface area (Å²) >= 11 is 0. The molecular weight excluding hydrogens is 332 g/mol. The van der Waals surface area contributed by atoms with E-state index in [4.69, 9.17) is 4.42 Å². The first-order valence-corrected chi connectivity index (χ1v) is 8.00. The van der Waals surface area contributed by atoms with E-state index in [9.17, 15) is 14.4 Å². The second-order valence-corrected chi connectivity index (χ2v) is 5.87. The Hall–Kier alpha value is -3.67. The molecule has 3 amide bonds. The third-order valence-electron chi connectivity index (χ3n) is 4.33. The summed E-state index contributed by atoms with van der Waals surface area (Å²) in [5, 5.41) is 2.75. The molecule has 1 aliphatic heterocycles. The van der Waals surface area contributed by atoms with Gasteiger partial charge < -0.3 is 9.73 Å². The van der Waals surface area contributed by atoms with Crippen molar-refractivity contribution in [1.29, 1.82) is 0 Å². The third kappa shape index (κ3) is 2.39. The molecule has 4 rings (SSSR count). The van der Waals surface area contributed by atoms with E-state index >= 15 is 0 Å². The number of benzene rings is 2. The van der Waals surface area contributed by atoms with Gasteiger partial charge in [-0.1, -0.05) is 18.2 Å². The number of anilines is 2. The number of nitrogens with zero attached hydrogens (tertiary/aromatic N) is 1. The molecule has 0 atom stereocenters. The maximum Gasteiger partial charge on any atom is 0.291 e. The molecule has 0 aliphatic carbocycles. The number of hydrogen-bond donors (Lipinski definition) is 1. The van der Waals surface area contributed by atoms with Gasteiger partial charge in [-0.25, -0.2) is 4.90 Å². The molecule has 1 N–H and O–H groups in total. The number of nitrogens with one attached hydrogen (secondary N) is 1. The summed E-state index contributed by atoms with van der Waals surface area (Å²) in [7, 11) is 0. The summed E-state index contributed by atoms with van der Waals surface area (Å²) in [6, 6.07) is 15.0. The van der Waals surface area contributed by atoms with Crippen LogP contribution in [-0.2, 0) is 0 Å². The van der Waals surface area contributed by atoms with E-state index in [0.717, 1.165) is 4.90 Å². The minimum Gasteiger partial charge on any atom is -0.459 e. The van der Waals surface area contributed by atoms with Crippen LogP contribution < -0.4 is 10.2 Å². The fourth-order valence-corrected chi connectivity index (χ4v) is 3.00. The molecule has 3 aromatic rings. The molecule has 128 valence electrons. The van der Waals surface area contributed by atoms with Gasteiger partial charge in [0.15, 0.2) is 5.76 Å². The van der Waals surface area contributed by atoms with E-state index in [1.165, 1.54) is 6.26 Å². The van der Waals surface area contributed by atoms with Crippen LogP contribution in [0.5, 0.6) is 0 Å². The molecule has 0 fully saturated rings. The van der Waals surface area contributed by atoms with Gasteiger partial charge in [0.2, 0.25) is 0 Å². The van der Waals surface area contributed by atoms with Crippen molar-refractivity contribution >= 4 is 29.1 Å². The highest BCUT2D eigenvalue weighted by Crippen LogP contribution is 2.33. The Morgan fingerprint density at radius 2 is 1.62 bits per heavy atom. The van der Waals surface area contributed by atoms with Gasteiger partial charge in [0.25, 0.3) is 17.7 Å². The lowest BCUT2D eigenvalue weighted by atomic mass is 10.1. The first-order chi connectivity index (χ1) is 12.6. The average Bonchev–Trinajstić information content (AvgIpc) is 3.26. The minimum absolute atomic E-state index is 0.176. The number of furan rings is 1. The van der Waals surface area contributed by atoms with Crippen LogP contribution in [0.4, 0.5) is 11.4 Å². The molecule has 0 bridgehead atoms.